The highest BCUT2D eigenvalue weighted by Gasteiger charge is 2.09. The van der Waals surface area contributed by atoms with E-state index in [0.717, 1.165) is 17.0 Å². The molecule has 2 aromatic carbocycles. The molecule has 1 heterocycles. The maximum atomic E-state index is 11.9. The second-order valence-corrected chi connectivity index (χ2v) is 6.40. The fourth-order valence-corrected chi connectivity index (χ4v) is 3.03. The molecular weight excluding hydrogens is 389 g/mol. The van der Waals surface area contributed by atoms with Crippen LogP contribution in [0.3, 0.4) is 0 Å². The van der Waals surface area contributed by atoms with Crippen molar-refractivity contribution in [1.29, 1.82) is 0 Å². The number of nitrogens with one attached hydrogen (secondary N) is 1. The van der Waals surface area contributed by atoms with Gasteiger partial charge in [0.2, 0.25) is 0 Å². The first-order valence-electron chi connectivity index (χ1n) is 8.14. The zero-order valence-electron chi connectivity index (χ0n) is 14.5. The van der Waals surface area contributed by atoms with Gasteiger partial charge in [-0.05, 0) is 48.4 Å². The average Bonchev–Trinajstić information content (AvgIpc) is 3.12. The SMILES string of the molecule is COc1ccc(-n2cc(OC(=O)NCCc3c(Cl)cccc3Cl)cn2)cc1. The van der Waals surface area contributed by atoms with E-state index in [2.05, 4.69) is 10.4 Å². The number of nitrogens with zero attached hydrogens (tertiary/aromatic N) is 2. The summed E-state index contributed by atoms with van der Waals surface area (Å²) in [5, 5.41) is 7.98. The minimum atomic E-state index is -0.576. The third kappa shape index (κ3) is 4.93. The van der Waals surface area contributed by atoms with E-state index in [-0.39, 0.29) is 0 Å². The maximum absolute atomic E-state index is 11.9. The molecule has 0 aliphatic heterocycles. The Balaban J connectivity index is 1.53. The topological polar surface area (TPSA) is 65.4 Å². The molecule has 27 heavy (non-hydrogen) atoms. The van der Waals surface area contributed by atoms with E-state index in [0.29, 0.717) is 28.8 Å². The number of amides is 1. The van der Waals surface area contributed by atoms with Crippen LogP contribution in [0, 0.1) is 0 Å². The first-order valence-corrected chi connectivity index (χ1v) is 8.90. The predicted octanol–water partition coefficient (Wildman–Crippen LogP) is 4.52. The zero-order valence-corrected chi connectivity index (χ0v) is 16.0. The van der Waals surface area contributed by atoms with E-state index >= 15 is 0 Å². The van der Waals surface area contributed by atoms with Crippen LogP contribution in [0.2, 0.25) is 10.0 Å². The summed E-state index contributed by atoms with van der Waals surface area (Å²) in [7, 11) is 1.60. The third-order valence-electron chi connectivity index (χ3n) is 3.81. The Morgan fingerprint density at radius 1 is 1.11 bits per heavy atom. The molecule has 0 unspecified atom stereocenters. The van der Waals surface area contributed by atoms with Crippen LogP contribution in [0.5, 0.6) is 11.5 Å². The number of methoxy groups -OCH3 is 1. The molecule has 3 aromatic rings. The van der Waals surface area contributed by atoms with Crippen molar-refractivity contribution in [3.8, 4) is 17.2 Å². The summed E-state index contributed by atoms with van der Waals surface area (Å²) < 4.78 is 12.0. The van der Waals surface area contributed by atoms with Gasteiger partial charge < -0.3 is 14.8 Å². The zero-order chi connectivity index (χ0) is 19.2. The predicted molar refractivity (Wildman–Crippen MR) is 104 cm³/mol. The Morgan fingerprint density at radius 2 is 1.81 bits per heavy atom. The molecule has 140 valence electrons. The molecule has 0 radical (unpaired) electrons. The van der Waals surface area contributed by atoms with Crippen LogP contribution in [0.15, 0.2) is 54.9 Å². The molecule has 0 spiro atoms. The molecule has 3 rings (SSSR count). The van der Waals surface area contributed by atoms with Gasteiger partial charge in [-0.2, -0.15) is 5.10 Å². The molecule has 0 bridgehead atoms. The molecular formula is C19H17Cl2N3O3. The lowest BCUT2D eigenvalue weighted by atomic mass is 10.1. The molecule has 8 heteroatoms. The summed E-state index contributed by atoms with van der Waals surface area (Å²) in [6, 6.07) is 12.6. The van der Waals surface area contributed by atoms with E-state index in [1.54, 1.807) is 36.2 Å². The van der Waals surface area contributed by atoms with Gasteiger partial charge >= 0.3 is 6.09 Å². The molecule has 1 N–H and O–H groups in total. The molecule has 0 aliphatic rings. The number of hydrogen-bond donors (Lipinski definition) is 1. The minimum Gasteiger partial charge on any atom is -0.497 e. The van der Waals surface area contributed by atoms with Crippen molar-refractivity contribution in [2.24, 2.45) is 0 Å². The Morgan fingerprint density at radius 3 is 2.48 bits per heavy atom. The molecule has 1 aromatic heterocycles. The van der Waals surface area contributed by atoms with Crippen LogP contribution < -0.4 is 14.8 Å². The minimum absolute atomic E-state index is 0.332. The van der Waals surface area contributed by atoms with Crippen LogP contribution in [0.4, 0.5) is 4.79 Å². The molecule has 0 atom stereocenters. The Kier molecular flexibility index (Phi) is 6.21. The quantitative estimate of drug-likeness (QED) is 0.654. The van der Waals surface area contributed by atoms with Gasteiger partial charge in [-0.3, -0.25) is 0 Å². The highest BCUT2D eigenvalue weighted by molar-refractivity contribution is 6.35. The first kappa shape index (κ1) is 19.1. The number of hydrogen-bond acceptors (Lipinski definition) is 4. The Bertz CT molecular complexity index is 906. The lowest BCUT2D eigenvalue weighted by Gasteiger charge is -2.08. The maximum Gasteiger partial charge on any atom is 0.412 e. The summed E-state index contributed by atoms with van der Waals surface area (Å²) in [5.41, 5.74) is 1.60. The second-order valence-electron chi connectivity index (χ2n) is 5.59. The smallest absolute Gasteiger partial charge is 0.412 e. The fraction of sp³-hybridized carbons (Fsp3) is 0.158. The fourth-order valence-electron chi connectivity index (χ4n) is 2.44. The molecule has 6 nitrogen and oxygen atoms in total. The van der Waals surface area contributed by atoms with E-state index < -0.39 is 6.09 Å². The number of halogens is 2. The van der Waals surface area contributed by atoms with Gasteiger partial charge in [0.15, 0.2) is 5.75 Å². The normalized spacial score (nSPS) is 10.5. The standard InChI is InChI=1S/C19H17Cl2N3O3/c1-26-14-7-5-13(6-8-14)24-12-15(11-23-24)27-19(25)22-10-9-16-17(20)3-2-4-18(16)21/h2-8,11-12H,9-10H2,1H3,(H,22,25). The second kappa shape index (κ2) is 8.79. The Hall–Kier alpha value is -2.70. The first-order chi connectivity index (χ1) is 13.1. The van der Waals surface area contributed by atoms with E-state index in [1.807, 2.05) is 24.3 Å². The van der Waals surface area contributed by atoms with Crippen molar-refractivity contribution >= 4 is 29.3 Å². The van der Waals surface area contributed by atoms with Crippen molar-refractivity contribution in [2.75, 3.05) is 13.7 Å². The van der Waals surface area contributed by atoms with Crippen LogP contribution in [-0.4, -0.2) is 29.5 Å². The highest BCUT2D eigenvalue weighted by Crippen LogP contribution is 2.24. The van der Waals surface area contributed by atoms with E-state index in [9.17, 15) is 4.79 Å². The van der Waals surface area contributed by atoms with Gasteiger partial charge in [-0.25, -0.2) is 9.48 Å². The molecule has 0 fully saturated rings. The van der Waals surface area contributed by atoms with Crippen LogP contribution in [-0.2, 0) is 6.42 Å². The van der Waals surface area contributed by atoms with Crippen molar-refractivity contribution in [3.05, 3.63) is 70.5 Å². The summed E-state index contributed by atoms with van der Waals surface area (Å²) in [4.78, 5) is 11.9. The van der Waals surface area contributed by atoms with E-state index in [1.165, 1.54) is 6.20 Å². The average molecular weight is 406 g/mol. The summed E-state index contributed by atoms with van der Waals surface area (Å²) >= 11 is 12.2. The molecule has 0 saturated carbocycles. The lowest BCUT2D eigenvalue weighted by Crippen LogP contribution is -2.28. The summed E-state index contributed by atoms with van der Waals surface area (Å²) in [5.74, 6) is 1.08. The van der Waals surface area contributed by atoms with Gasteiger partial charge in [0.1, 0.15) is 5.75 Å². The molecule has 0 aliphatic carbocycles. The Labute approximate surface area is 166 Å². The van der Waals surface area contributed by atoms with Gasteiger partial charge in [0.25, 0.3) is 0 Å². The van der Waals surface area contributed by atoms with Gasteiger partial charge in [0, 0.05) is 16.6 Å². The summed E-state index contributed by atoms with van der Waals surface area (Å²) in [6.07, 6.45) is 3.01. The number of carbonyl (C=O) groups is 1. The number of rotatable bonds is 6. The van der Waals surface area contributed by atoms with Crippen molar-refractivity contribution in [1.82, 2.24) is 15.1 Å². The molecule has 1 amide bonds. The number of ether oxygens (including phenoxy) is 2. The van der Waals surface area contributed by atoms with Gasteiger partial charge in [-0.1, -0.05) is 29.3 Å². The van der Waals surface area contributed by atoms with Gasteiger partial charge in [-0.15, -0.1) is 0 Å². The summed E-state index contributed by atoms with van der Waals surface area (Å²) in [6.45, 7) is 0.342. The largest absolute Gasteiger partial charge is 0.497 e. The van der Waals surface area contributed by atoms with Crippen molar-refractivity contribution in [3.63, 3.8) is 0 Å². The highest BCUT2D eigenvalue weighted by atomic mass is 35.5. The van der Waals surface area contributed by atoms with Crippen LogP contribution in [0.25, 0.3) is 5.69 Å². The number of benzene rings is 2. The number of aromatic nitrogens is 2. The van der Waals surface area contributed by atoms with Crippen LogP contribution >= 0.6 is 23.2 Å². The lowest BCUT2D eigenvalue weighted by molar-refractivity contribution is 0.200. The van der Waals surface area contributed by atoms with Crippen molar-refractivity contribution in [2.45, 2.75) is 6.42 Å². The van der Waals surface area contributed by atoms with Crippen molar-refractivity contribution < 1.29 is 14.3 Å². The van der Waals surface area contributed by atoms with Gasteiger partial charge in [0.05, 0.1) is 25.2 Å². The monoisotopic (exact) mass is 405 g/mol. The van der Waals surface area contributed by atoms with E-state index in [4.69, 9.17) is 32.7 Å². The third-order valence-corrected chi connectivity index (χ3v) is 4.52. The van der Waals surface area contributed by atoms with Crippen LogP contribution in [0.1, 0.15) is 5.56 Å². The molecule has 0 saturated heterocycles. The number of carbonyl (C=O) groups excluding carboxylic acids is 1.